The first-order chi connectivity index (χ1) is 8.49. The Bertz CT molecular complexity index is 461. The first-order valence-corrected chi connectivity index (χ1v) is 7.04. The van der Waals surface area contributed by atoms with Crippen molar-refractivity contribution in [2.75, 3.05) is 31.6 Å². The molecule has 1 aliphatic rings. The second kappa shape index (κ2) is 5.41. The number of rotatable bonds is 2. The Hall–Kier alpha value is -0.870. The van der Waals surface area contributed by atoms with Gasteiger partial charge in [-0.3, -0.25) is 4.79 Å². The first kappa shape index (κ1) is 13.6. The quantitative estimate of drug-likeness (QED) is 0.785. The molecular formula is C14H19BrN2O. The predicted octanol–water partition coefficient (Wildman–Crippen LogP) is 2.79. The van der Waals surface area contributed by atoms with Crippen molar-refractivity contribution in [3.63, 3.8) is 0 Å². The molecule has 1 aromatic rings. The lowest BCUT2D eigenvalue weighted by atomic mass is 10.1. The van der Waals surface area contributed by atoms with Gasteiger partial charge in [0.25, 0.3) is 0 Å². The molecule has 0 N–H and O–H groups in total. The number of Topliss-reactive ketones (excluding diaryl/α,β-unsaturated/α-hetero) is 1. The highest BCUT2D eigenvalue weighted by atomic mass is 79.9. The second-order valence-corrected chi connectivity index (χ2v) is 5.85. The van der Waals surface area contributed by atoms with Gasteiger partial charge in [0, 0.05) is 41.4 Å². The lowest BCUT2D eigenvalue weighted by Crippen LogP contribution is -2.50. The molecule has 3 nitrogen and oxygen atoms in total. The minimum atomic E-state index is 0.0974. The summed E-state index contributed by atoms with van der Waals surface area (Å²) in [7, 11) is 2.16. The van der Waals surface area contributed by atoms with Crippen molar-refractivity contribution in [2.45, 2.75) is 19.9 Å². The number of piperazine rings is 1. The number of benzene rings is 1. The molecule has 1 saturated heterocycles. The summed E-state index contributed by atoms with van der Waals surface area (Å²) in [4.78, 5) is 16.1. The second-order valence-electron chi connectivity index (χ2n) is 5.00. The zero-order valence-corrected chi connectivity index (χ0v) is 12.7. The molecule has 1 atom stereocenters. The van der Waals surface area contributed by atoms with Crippen molar-refractivity contribution in [1.29, 1.82) is 0 Å². The summed E-state index contributed by atoms with van der Waals surface area (Å²) >= 11 is 3.48. The van der Waals surface area contributed by atoms with E-state index < -0.39 is 0 Å². The van der Waals surface area contributed by atoms with Gasteiger partial charge in [0.2, 0.25) is 0 Å². The first-order valence-electron chi connectivity index (χ1n) is 6.24. The Morgan fingerprint density at radius 3 is 2.67 bits per heavy atom. The van der Waals surface area contributed by atoms with Gasteiger partial charge in [0.05, 0.1) is 0 Å². The highest BCUT2D eigenvalue weighted by Crippen LogP contribution is 2.26. The Balaban J connectivity index is 2.19. The minimum Gasteiger partial charge on any atom is -0.369 e. The third-order valence-corrected chi connectivity index (χ3v) is 4.31. The van der Waals surface area contributed by atoms with Crippen LogP contribution in [0.4, 0.5) is 5.69 Å². The van der Waals surface area contributed by atoms with E-state index in [1.165, 1.54) is 5.69 Å². The number of hydrogen-bond donors (Lipinski definition) is 0. The van der Waals surface area contributed by atoms with Crippen molar-refractivity contribution < 1.29 is 4.79 Å². The lowest BCUT2D eigenvalue weighted by Gasteiger charge is -2.39. The highest BCUT2D eigenvalue weighted by Gasteiger charge is 2.21. The van der Waals surface area contributed by atoms with Crippen LogP contribution in [-0.4, -0.2) is 43.4 Å². The average molecular weight is 311 g/mol. The molecule has 0 amide bonds. The molecule has 1 aliphatic heterocycles. The SMILES string of the molecule is CC(=O)c1ccc(N2CCN(C)C(C)C2)cc1Br. The molecule has 18 heavy (non-hydrogen) atoms. The maximum absolute atomic E-state index is 11.4. The van der Waals surface area contributed by atoms with Crippen LogP contribution in [0.3, 0.4) is 0 Å². The maximum Gasteiger partial charge on any atom is 0.160 e. The summed E-state index contributed by atoms with van der Waals surface area (Å²) in [6.07, 6.45) is 0. The van der Waals surface area contributed by atoms with E-state index in [2.05, 4.69) is 45.8 Å². The largest absolute Gasteiger partial charge is 0.369 e. The van der Waals surface area contributed by atoms with Crippen LogP contribution in [0.15, 0.2) is 22.7 Å². The zero-order valence-electron chi connectivity index (χ0n) is 11.1. The van der Waals surface area contributed by atoms with Crippen LogP contribution in [0.5, 0.6) is 0 Å². The summed E-state index contributed by atoms with van der Waals surface area (Å²) in [5, 5.41) is 0. The van der Waals surface area contributed by atoms with E-state index in [0.29, 0.717) is 6.04 Å². The molecule has 0 spiro atoms. The number of carbonyl (C=O) groups excluding carboxylic acids is 1. The van der Waals surface area contributed by atoms with Crippen molar-refractivity contribution >= 4 is 27.4 Å². The van der Waals surface area contributed by atoms with E-state index >= 15 is 0 Å². The molecule has 0 bridgehead atoms. The van der Waals surface area contributed by atoms with Gasteiger partial charge in [-0.1, -0.05) is 0 Å². The van der Waals surface area contributed by atoms with Crippen molar-refractivity contribution in [3.05, 3.63) is 28.2 Å². The van der Waals surface area contributed by atoms with Crippen LogP contribution < -0.4 is 4.90 Å². The summed E-state index contributed by atoms with van der Waals surface area (Å²) in [5.74, 6) is 0.0974. The summed E-state index contributed by atoms with van der Waals surface area (Å²) in [5.41, 5.74) is 1.94. The molecule has 0 radical (unpaired) electrons. The fourth-order valence-corrected chi connectivity index (χ4v) is 2.92. The van der Waals surface area contributed by atoms with E-state index in [0.717, 1.165) is 29.7 Å². The zero-order chi connectivity index (χ0) is 13.3. The van der Waals surface area contributed by atoms with Crippen LogP contribution in [0.25, 0.3) is 0 Å². The van der Waals surface area contributed by atoms with Gasteiger partial charge < -0.3 is 9.80 Å². The number of halogens is 1. The summed E-state index contributed by atoms with van der Waals surface area (Å²) < 4.78 is 0.888. The Labute approximate surface area is 117 Å². The molecule has 1 heterocycles. The van der Waals surface area contributed by atoms with Crippen LogP contribution in [0.2, 0.25) is 0 Å². The summed E-state index contributed by atoms with van der Waals surface area (Å²) in [6, 6.07) is 6.56. The van der Waals surface area contributed by atoms with Crippen molar-refractivity contribution in [1.82, 2.24) is 4.90 Å². The Morgan fingerprint density at radius 2 is 2.11 bits per heavy atom. The smallest absolute Gasteiger partial charge is 0.160 e. The fraction of sp³-hybridized carbons (Fsp3) is 0.500. The normalized spacial score (nSPS) is 21.1. The standard InChI is InChI=1S/C14H19BrN2O/c1-10-9-17(7-6-16(10)3)12-4-5-13(11(2)18)14(15)8-12/h4-5,8,10H,6-7,9H2,1-3H3. The molecule has 1 unspecified atom stereocenters. The summed E-state index contributed by atoms with van der Waals surface area (Å²) in [6.45, 7) is 6.98. The van der Waals surface area contributed by atoms with Crippen LogP contribution in [-0.2, 0) is 0 Å². The monoisotopic (exact) mass is 310 g/mol. The lowest BCUT2D eigenvalue weighted by molar-refractivity contribution is 0.101. The average Bonchev–Trinajstić information content (AvgIpc) is 2.32. The number of anilines is 1. The third kappa shape index (κ3) is 2.75. The predicted molar refractivity (Wildman–Crippen MR) is 78.5 cm³/mol. The van der Waals surface area contributed by atoms with Crippen molar-refractivity contribution in [3.8, 4) is 0 Å². The van der Waals surface area contributed by atoms with E-state index in [9.17, 15) is 4.79 Å². The molecule has 1 fully saturated rings. The maximum atomic E-state index is 11.4. The highest BCUT2D eigenvalue weighted by molar-refractivity contribution is 9.10. The molecule has 1 aromatic carbocycles. The molecular weight excluding hydrogens is 292 g/mol. The molecule has 2 rings (SSSR count). The van der Waals surface area contributed by atoms with Gasteiger partial charge in [0.1, 0.15) is 0 Å². The molecule has 0 saturated carbocycles. The van der Waals surface area contributed by atoms with E-state index in [-0.39, 0.29) is 5.78 Å². The van der Waals surface area contributed by atoms with Crippen molar-refractivity contribution in [2.24, 2.45) is 0 Å². The molecule has 0 aromatic heterocycles. The fourth-order valence-electron chi connectivity index (χ4n) is 2.27. The van der Waals surface area contributed by atoms with Gasteiger partial charge in [-0.25, -0.2) is 0 Å². The number of likely N-dealkylation sites (N-methyl/N-ethyl adjacent to an activating group) is 1. The van der Waals surface area contributed by atoms with E-state index in [1.54, 1.807) is 6.92 Å². The molecule has 4 heteroatoms. The van der Waals surface area contributed by atoms with Crippen LogP contribution in [0.1, 0.15) is 24.2 Å². The van der Waals surface area contributed by atoms with Gasteiger partial charge in [-0.15, -0.1) is 0 Å². The third-order valence-electron chi connectivity index (χ3n) is 3.66. The van der Waals surface area contributed by atoms with Gasteiger partial charge in [-0.05, 0) is 55.0 Å². The minimum absolute atomic E-state index is 0.0974. The Morgan fingerprint density at radius 1 is 1.39 bits per heavy atom. The number of carbonyl (C=O) groups is 1. The number of ketones is 1. The van der Waals surface area contributed by atoms with Gasteiger partial charge in [-0.2, -0.15) is 0 Å². The van der Waals surface area contributed by atoms with Crippen LogP contribution >= 0.6 is 15.9 Å². The Kier molecular flexibility index (Phi) is 4.07. The number of hydrogen-bond acceptors (Lipinski definition) is 3. The molecule has 98 valence electrons. The van der Waals surface area contributed by atoms with Gasteiger partial charge in [0.15, 0.2) is 5.78 Å². The number of nitrogens with zero attached hydrogens (tertiary/aromatic N) is 2. The van der Waals surface area contributed by atoms with E-state index in [4.69, 9.17) is 0 Å². The molecule has 0 aliphatic carbocycles. The van der Waals surface area contributed by atoms with Crippen LogP contribution in [0, 0.1) is 0 Å². The van der Waals surface area contributed by atoms with Gasteiger partial charge >= 0.3 is 0 Å². The topological polar surface area (TPSA) is 23.6 Å². The van der Waals surface area contributed by atoms with E-state index in [1.807, 2.05) is 12.1 Å².